The zero-order valence-corrected chi connectivity index (χ0v) is 15.1. The molecule has 0 radical (unpaired) electrons. The summed E-state index contributed by atoms with van der Waals surface area (Å²) in [5, 5.41) is 20.8. The second-order valence-corrected chi connectivity index (χ2v) is 5.88. The van der Waals surface area contributed by atoms with E-state index in [2.05, 4.69) is 10.3 Å². The van der Waals surface area contributed by atoms with Gasteiger partial charge < -0.3 is 15.5 Å². The molecular weight excluding hydrogens is 353 g/mol. The van der Waals surface area contributed by atoms with Crippen molar-refractivity contribution in [3.05, 3.63) is 64.0 Å². The van der Waals surface area contributed by atoms with Crippen LogP contribution >= 0.6 is 0 Å². The van der Waals surface area contributed by atoms with Gasteiger partial charge in [-0.15, -0.1) is 0 Å². The summed E-state index contributed by atoms with van der Waals surface area (Å²) in [6.45, 7) is 3.48. The first-order chi connectivity index (χ1) is 13.0. The monoisotopic (exact) mass is 375 g/mol. The summed E-state index contributed by atoms with van der Waals surface area (Å²) in [6.07, 6.45) is 2.66. The lowest BCUT2D eigenvalue weighted by atomic mass is 10.1. The summed E-state index contributed by atoms with van der Waals surface area (Å²) in [5.74, 6) is -1.91. The molecule has 1 saturated carbocycles. The smallest absolute Gasteiger partial charge is 0.353 e. The van der Waals surface area contributed by atoms with Gasteiger partial charge in [-0.3, -0.25) is 9.36 Å². The lowest BCUT2D eigenvalue weighted by molar-refractivity contribution is 0.102. The van der Waals surface area contributed by atoms with Crippen LogP contribution in [0.5, 0.6) is 0 Å². The molecule has 0 saturated heterocycles. The molecule has 1 aromatic heterocycles. The molecule has 7 nitrogen and oxygen atoms in total. The van der Waals surface area contributed by atoms with E-state index in [-0.39, 0.29) is 13.2 Å². The van der Waals surface area contributed by atoms with Gasteiger partial charge in [0.2, 0.25) is 0 Å². The molecule has 3 N–H and O–H groups in total. The number of halogens is 1. The average molecular weight is 375 g/mol. The number of anilines is 1. The second kappa shape index (κ2) is 8.70. The van der Waals surface area contributed by atoms with E-state index in [1.54, 1.807) is 30.3 Å². The molecule has 1 aromatic carbocycles. The Morgan fingerprint density at radius 2 is 1.93 bits per heavy atom. The number of amides is 1. The van der Waals surface area contributed by atoms with Crippen molar-refractivity contribution in [2.24, 2.45) is 5.41 Å². The van der Waals surface area contributed by atoms with Crippen LogP contribution in [0.4, 0.5) is 10.2 Å². The van der Waals surface area contributed by atoms with Gasteiger partial charge in [-0.2, -0.15) is 4.98 Å². The van der Waals surface area contributed by atoms with Crippen molar-refractivity contribution in [3.63, 3.8) is 0 Å². The Kier molecular flexibility index (Phi) is 6.59. The standard InChI is InChI=1S/C17H16FN3O4.C2H6/c18-13-8-21(7-12-6-17(12,9-22)10-23)16(25)20-14(13)19-15(24)11-4-2-1-3-5-11;1-2/h1-5,7-8,22-23H,6,9-10H2,(H,19,20,24,25);1-2H3/b12-7-;. The van der Waals surface area contributed by atoms with Crippen molar-refractivity contribution in [2.75, 3.05) is 18.5 Å². The number of carbonyl (C=O) groups excluding carboxylic acids is 1. The lowest BCUT2D eigenvalue weighted by Gasteiger charge is -2.07. The Morgan fingerprint density at radius 1 is 1.30 bits per heavy atom. The molecule has 0 spiro atoms. The Hall–Kier alpha value is -2.84. The first-order valence-corrected chi connectivity index (χ1v) is 8.57. The molecule has 1 amide bonds. The summed E-state index contributed by atoms with van der Waals surface area (Å²) in [7, 11) is 0. The quantitative estimate of drug-likeness (QED) is 0.740. The van der Waals surface area contributed by atoms with Crippen LogP contribution in [-0.2, 0) is 0 Å². The van der Waals surface area contributed by atoms with Crippen molar-refractivity contribution in [1.82, 2.24) is 9.55 Å². The molecule has 1 aliphatic carbocycles. The number of nitrogens with one attached hydrogen (secondary N) is 1. The number of rotatable bonds is 5. The van der Waals surface area contributed by atoms with E-state index >= 15 is 0 Å². The zero-order chi connectivity index (χ0) is 20.0. The SMILES string of the molecule is CC.O=C(Nc1nc(=O)n(/C=C2/CC2(CO)CO)cc1F)c1ccccc1. The highest BCUT2D eigenvalue weighted by Crippen LogP contribution is 2.51. The number of nitrogens with zero attached hydrogens (tertiary/aromatic N) is 2. The van der Waals surface area contributed by atoms with Gasteiger partial charge in [0.15, 0.2) is 11.6 Å². The fraction of sp³-hybridized carbons (Fsp3) is 0.316. The number of hydrogen-bond acceptors (Lipinski definition) is 5. The van der Waals surface area contributed by atoms with Gasteiger partial charge in [0.1, 0.15) is 0 Å². The Labute approximate surface area is 155 Å². The van der Waals surface area contributed by atoms with Gasteiger partial charge >= 0.3 is 5.69 Å². The summed E-state index contributed by atoms with van der Waals surface area (Å²) >= 11 is 0. The fourth-order valence-corrected chi connectivity index (χ4v) is 2.43. The second-order valence-electron chi connectivity index (χ2n) is 5.88. The molecule has 0 aliphatic heterocycles. The van der Waals surface area contributed by atoms with Crippen LogP contribution in [-0.4, -0.2) is 38.9 Å². The molecule has 1 fully saturated rings. The van der Waals surface area contributed by atoms with Crippen LogP contribution in [0, 0.1) is 11.2 Å². The first-order valence-electron chi connectivity index (χ1n) is 8.57. The summed E-state index contributed by atoms with van der Waals surface area (Å²) in [6, 6.07) is 8.16. The molecule has 0 unspecified atom stereocenters. The molecule has 2 aromatic rings. The molecule has 3 rings (SSSR count). The fourth-order valence-electron chi connectivity index (χ4n) is 2.43. The number of aliphatic hydroxyl groups excluding tert-OH is 2. The third-order valence-electron chi connectivity index (χ3n) is 4.16. The number of carbonyl (C=O) groups is 1. The summed E-state index contributed by atoms with van der Waals surface area (Å²) < 4.78 is 15.1. The minimum atomic E-state index is -0.875. The predicted octanol–water partition coefficient (Wildman–Crippen LogP) is 1.88. The zero-order valence-electron chi connectivity index (χ0n) is 15.1. The van der Waals surface area contributed by atoms with Crippen LogP contribution < -0.4 is 11.0 Å². The number of aliphatic hydroxyl groups is 2. The van der Waals surface area contributed by atoms with E-state index in [0.717, 1.165) is 10.8 Å². The van der Waals surface area contributed by atoms with Gasteiger partial charge in [-0.05, 0) is 24.1 Å². The van der Waals surface area contributed by atoms with E-state index < -0.39 is 28.6 Å². The summed E-state index contributed by atoms with van der Waals surface area (Å²) in [4.78, 5) is 27.6. The van der Waals surface area contributed by atoms with E-state index in [9.17, 15) is 24.2 Å². The van der Waals surface area contributed by atoms with E-state index in [1.807, 2.05) is 13.8 Å². The molecule has 0 bridgehead atoms. The highest BCUT2D eigenvalue weighted by atomic mass is 19.1. The average Bonchev–Trinajstić information content (AvgIpc) is 3.41. The van der Waals surface area contributed by atoms with Crippen molar-refractivity contribution in [2.45, 2.75) is 20.3 Å². The largest absolute Gasteiger partial charge is 0.395 e. The van der Waals surface area contributed by atoms with Crippen LogP contribution in [0.3, 0.4) is 0 Å². The molecule has 8 heteroatoms. The topological polar surface area (TPSA) is 104 Å². The van der Waals surface area contributed by atoms with Gasteiger partial charge in [0.25, 0.3) is 5.91 Å². The highest BCUT2D eigenvalue weighted by Gasteiger charge is 2.48. The van der Waals surface area contributed by atoms with Crippen LogP contribution in [0.1, 0.15) is 30.6 Å². The minimum absolute atomic E-state index is 0.259. The van der Waals surface area contributed by atoms with Crippen molar-refractivity contribution < 1.29 is 19.4 Å². The maximum absolute atomic E-state index is 14.2. The number of aromatic nitrogens is 2. The van der Waals surface area contributed by atoms with Gasteiger partial charge in [-0.1, -0.05) is 32.0 Å². The van der Waals surface area contributed by atoms with Crippen LogP contribution in [0.25, 0.3) is 6.20 Å². The van der Waals surface area contributed by atoms with Crippen LogP contribution in [0.2, 0.25) is 0 Å². The highest BCUT2D eigenvalue weighted by molar-refractivity contribution is 6.03. The summed E-state index contributed by atoms with van der Waals surface area (Å²) in [5.41, 5.74) is -0.602. The molecule has 27 heavy (non-hydrogen) atoms. The normalized spacial score (nSPS) is 15.7. The van der Waals surface area contributed by atoms with E-state index in [0.29, 0.717) is 17.6 Å². The van der Waals surface area contributed by atoms with Gasteiger partial charge in [0, 0.05) is 17.2 Å². The minimum Gasteiger partial charge on any atom is -0.395 e. The third-order valence-corrected chi connectivity index (χ3v) is 4.16. The Bertz CT molecular complexity index is 890. The van der Waals surface area contributed by atoms with E-state index in [1.165, 1.54) is 6.20 Å². The van der Waals surface area contributed by atoms with Crippen molar-refractivity contribution in [1.29, 1.82) is 0 Å². The van der Waals surface area contributed by atoms with Crippen molar-refractivity contribution >= 4 is 17.9 Å². The Balaban J connectivity index is 0.00000126. The van der Waals surface area contributed by atoms with Gasteiger partial charge in [-0.25, -0.2) is 9.18 Å². The van der Waals surface area contributed by atoms with Crippen LogP contribution in [0.15, 0.2) is 46.9 Å². The molecular formula is C19H22FN3O4. The number of benzene rings is 1. The Morgan fingerprint density at radius 3 is 2.48 bits per heavy atom. The maximum Gasteiger partial charge on any atom is 0.353 e. The molecule has 144 valence electrons. The van der Waals surface area contributed by atoms with Gasteiger partial charge in [0.05, 0.1) is 19.4 Å². The lowest BCUT2D eigenvalue weighted by Crippen LogP contribution is -2.24. The predicted molar refractivity (Wildman–Crippen MR) is 99.7 cm³/mol. The molecule has 1 aliphatic rings. The molecule has 0 atom stereocenters. The molecule has 1 heterocycles. The third kappa shape index (κ3) is 4.47. The maximum atomic E-state index is 14.2. The number of hydrogen-bond donors (Lipinski definition) is 3. The first kappa shape index (κ1) is 20.5. The van der Waals surface area contributed by atoms with Crippen molar-refractivity contribution in [3.8, 4) is 0 Å². The van der Waals surface area contributed by atoms with E-state index in [4.69, 9.17) is 0 Å².